The van der Waals surface area contributed by atoms with Crippen molar-refractivity contribution in [3.05, 3.63) is 23.2 Å². The van der Waals surface area contributed by atoms with Crippen molar-refractivity contribution >= 4 is 5.91 Å². The molecular formula is C13H22N2O2. The Balaban J connectivity index is 2.47. The quantitative estimate of drug-likeness (QED) is 0.825. The summed E-state index contributed by atoms with van der Waals surface area (Å²) < 4.78 is 5.47. The lowest BCUT2D eigenvalue weighted by Gasteiger charge is -2.14. The van der Waals surface area contributed by atoms with Crippen molar-refractivity contribution in [2.24, 2.45) is 0 Å². The molecule has 2 N–H and O–H groups in total. The number of hydrogen-bond acceptors (Lipinski definition) is 3. The molecule has 0 aromatic carbocycles. The minimum Gasteiger partial charge on any atom is -0.466 e. The van der Waals surface area contributed by atoms with Crippen molar-refractivity contribution in [3.63, 3.8) is 0 Å². The van der Waals surface area contributed by atoms with E-state index < -0.39 is 0 Å². The minimum atomic E-state index is 0.0183. The first-order valence-electron chi connectivity index (χ1n) is 5.99. The summed E-state index contributed by atoms with van der Waals surface area (Å²) in [7, 11) is 0. The molecule has 0 aliphatic heterocycles. The van der Waals surface area contributed by atoms with E-state index in [1.54, 1.807) is 0 Å². The van der Waals surface area contributed by atoms with Crippen LogP contribution in [-0.2, 0) is 4.79 Å². The fourth-order valence-corrected chi connectivity index (χ4v) is 1.81. The molecule has 0 unspecified atom stereocenters. The van der Waals surface area contributed by atoms with Gasteiger partial charge in [-0.3, -0.25) is 4.79 Å². The van der Waals surface area contributed by atoms with Gasteiger partial charge in [0.15, 0.2) is 0 Å². The molecule has 1 aromatic rings. The van der Waals surface area contributed by atoms with Crippen LogP contribution in [-0.4, -0.2) is 18.5 Å². The van der Waals surface area contributed by atoms with Crippen LogP contribution >= 0.6 is 0 Å². The zero-order chi connectivity index (χ0) is 13.0. The second-order valence-corrected chi connectivity index (χ2v) is 4.69. The van der Waals surface area contributed by atoms with E-state index >= 15 is 0 Å². The van der Waals surface area contributed by atoms with Crippen molar-refractivity contribution in [3.8, 4) is 0 Å². The number of furan rings is 1. The van der Waals surface area contributed by atoms with Crippen LogP contribution in [0.5, 0.6) is 0 Å². The normalized spacial score (nSPS) is 12.8. The number of nitrogens with one attached hydrogen (secondary N) is 2. The topological polar surface area (TPSA) is 54.3 Å². The van der Waals surface area contributed by atoms with Crippen LogP contribution in [0.2, 0.25) is 0 Å². The van der Waals surface area contributed by atoms with Crippen LogP contribution < -0.4 is 10.6 Å². The maximum Gasteiger partial charge on any atom is 0.234 e. The monoisotopic (exact) mass is 238 g/mol. The number of amides is 1. The molecule has 0 bridgehead atoms. The molecule has 0 aliphatic carbocycles. The summed E-state index contributed by atoms with van der Waals surface area (Å²) in [6.45, 7) is 10.1. The van der Waals surface area contributed by atoms with E-state index in [-0.39, 0.29) is 18.0 Å². The summed E-state index contributed by atoms with van der Waals surface area (Å²) >= 11 is 0. The summed E-state index contributed by atoms with van der Waals surface area (Å²) in [4.78, 5) is 11.5. The summed E-state index contributed by atoms with van der Waals surface area (Å²) in [5.41, 5.74) is 1.11. The van der Waals surface area contributed by atoms with Gasteiger partial charge in [-0.25, -0.2) is 0 Å². The first-order valence-corrected chi connectivity index (χ1v) is 5.99. The fourth-order valence-electron chi connectivity index (χ4n) is 1.81. The average molecular weight is 238 g/mol. The highest BCUT2D eigenvalue weighted by Gasteiger charge is 2.13. The fraction of sp³-hybridized carbons (Fsp3) is 0.615. The van der Waals surface area contributed by atoms with Gasteiger partial charge in [0.25, 0.3) is 0 Å². The van der Waals surface area contributed by atoms with Crippen LogP contribution in [0.3, 0.4) is 0 Å². The maximum absolute atomic E-state index is 11.5. The molecule has 0 radical (unpaired) electrons. The highest BCUT2D eigenvalue weighted by Crippen LogP contribution is 2.20. The van der Waals surface area contributed by atoms with Gasteiger partial charge in [-0.05, 0) is 40.7 Å². The summed E-state index contributed by atoms with van der Waals surface area (Å²) in [5, 5.41) is 6.03. The highest BCUT2D eigenvalue weighted by molar-refractivity contribution is 5.78. The second kappa shape index (κ2) is 5.87. The number of carbonyl (C=O) groups excluding carboxylic acids is 1. The standard InChI is InChI=1S/C13H22N2O2/c1-8(2)15-13(16)7-14-10(4)12-6-9(3)17-11(12)5/h6,8,10,14H,7H2,1-5H3,(H,15,16)/t10-/m0/s1. The molecule has 17 heavy (non-hydrogen) atoms. The lowest BCUT2D eigenvalue weighted by molar-refractivity contribution is -0.120. The van der Waals surface area contributed by atoms with E-state index in [2.05, 4.69) is 10.6 Å². The third-order valence-electron chi connectivity index (χ3n) is 2.56. The smallest absolute Gasteiger partial charge is 0.234 e. The van der Waals surface area contributed by atoms with Gasteiger partial charge in [0.05, 0.1) is 6.54 Å². The van der Waals surface area contributed by atoms with E-state index in [0.717, 1.165) is 17.1 Å². The maximum atomic E-state index is 11.5. The number of rotatable bonds is 5. The molecule has 96 valence electrons. The van der Waals surface area contributed by atoms with Crippen molar-refractivity contribution in [1.29, 1.82) is 0 Å². The van der Waals surface area contributed by atoms with E-state index in [4.69, 9.17) is 4.42 Å². The van der Waals surface area contributed by atoms with Gasteiger partial charge < -0.3 is 15.1 Å². The average Bonchev–Trinajstić information content (AvgIpc) is 2.53. The second-order valence-electron chi connectivity index (χ2n) is 4.69. The summed E-state index contributed by atoms with van der Waals surface area (Å²) in [6, 6.07) is 2.30. The van der Waals surface area contributed by atoms with Crippen molar-refractivity contribution in [2.75, 3.05) is 6.54 Å². The number of carbonyl (C=O) groups is 1. The van der Waals surface area contributed by atoms with Gasteiger partial charge in [0.1, 0.15) is 11.5 Å². The Morgan fingerprint density at radius 3 is 2.47 bits per heavy atom. The van der Waals surface area contributed by atoms with Crippen LogP contribution in [0.15, 0.2) is 10.5 Å². The molecule has 0 spiro atoms. The Morgan fingerprint density at radius 1 is 1.35 bits per heavy atom. The number of aryl methyl sites for hydroxylation is 2. The Hall–Kier alpha value is -1.29. The molecule has 0 fully saturated rings. The molecule has 1 aromatic heterocycles. The van der Waals surface area contributed by atoms with E-state index in [1.807, 2.05) is 40.7 Å². The van der Waals surface area contributed by atoms with Crippen LogP contribution in [0.1, 0.15) is 43.9 Å². The Kier molecular flexibility index (Phi) is 4.75. The molecule has 1 amide bonds. The van der Waals surface area contributed by atoms with E-state index in [9.17, 15) is 4.79 Å². The van der Waals surface area contributed by atoms with Crippen LogP contribution in [0.25, 0.3) is 0 Å². The predicted molar refractivity (Wildman–Crippen MR) is 67.9 cm³/mol. The lowest BCUT2D eigenvalue weighted by atomic mass is 10.1. The summed E-state index contributed by atoms with van der Waals surface area (Å²) in [5.74, 6) is 1.83. The van der Waals surface area contributed by atoms with Crippen molar-refractivity contribution in [2.45, 2.75) is 46.7 Å². The molecule has 4 heteroatoms. The van der Waals surface area contributed by atoms with Gasteiger partial charge in [-0.1, -0.05) is 0 Å². The van der Waals surface area contributed by atoms with Crippen LogP contribution in [0, 0.1) is 13.8 Å². The zero-order valence-electron chi connectivity index (χ0n) is 11.3. The zero-order valence-corrected chi connectivity index (χ0v) is 11.3. The highest BCUT2D eigenvalue weighted by atomic mass is 16.3. The van der Waals surface area contributed by atoms with Gasteiger partial charge in [-0.15, -0.1) is 0 Å². The molecule has 1 rings (SSSR count). The Morgan fingerprint density at radius 2 is 2.00 bits per heavy atom. The molecule has 1 atom stereocenters. The molecule has 1 heterocycles. The Bertz CT molecular complexity index is 383. The van der Waals surface area contributed by atoms with E-state index in [1.165, 1.54) is 0 Å². The first-order chi connectivity index (χ1) is 7.90. The molecule has 4 nitrogen and oxygen atoms in total. The summed E-state index contributed by atoms with van der Waals surface area (Å²) in [6.07, 6.45) is 0. The largest absolute Gasteiger partial charge is 0.466 e. The molecule has 0 aliphatic rings. The third kappa shape index (κ3) is 4.23. The van der Waals surface area contributed by atoms with Gasteiger partial charge in [0.2, 0.25) is 5.91 Å². The van der Waals surface area contributed by atoms with Gasteiger partial charge in [0, 0.05) is 17.6 Å². The van der Waals surface area contributed by atoms with Crippen molar-refractivity contribution < 1.29 is 9.21 Å². The molecular weight excluding hydrogens is 216 g/mol. The van der Waals surface area contributed by atoms with Gasteiger partial charge >= 0.3 is 0 Å². The third-order valence-corrected chi connectivity index (χ3v) is 2.56. The molecule has 0 saturated heterocycles. The number of hydrogen-bond donors (Lipinski definition) is 2. The first kappa shape index (κ1) is 13.8. The van der Waals surface area contributed by atoms with Crippen molar-refractivity contribution in [1.82, 2.24) is 10.6 Å². The minimum absolute atomic E-state index is 0.0183. The lowest BCUT2D eigenvalue weighted by Crippen LogP contribution is -2.38. The predicted octanol–water partition coefficient (Wildman–Crippen LogP) is 2.07. The SMILES string of the molecule is Cc1cc([C@H](C)NCC(=O)NC(C)C)c(C)o1. The Labute approximate surface area is 103 Å². The van der Waals surface area contributed by atoms with Crippen LogP contribution in [0.4, 0.5) is 0 Å². The van der Waals surface area contributed by atoms with E-state index in [0.29, 0.717) is 6.54 Å². The van der Waals surface area contributed by atoms with Gasteiger partial charge in [-0.2, -0.15) is 0 Å². The molecule has 0 saturated carbocycles.